The zero-order valence-corrected chi connectivity index (χ0v) is 8.91. The van der Waals surface area contributed by atoms with Gasteiger partial charge < -0.3 is 4.74 Å². The van der Waals surface area contributed by atoms with Crippen LogP contribution in [0.4, 0.5) is 0 Å². The van der Waals surface area contributed by atoms with E-state index >= 15 is 0 Å². The maximum atomic E-state index is 10.6. The van der Waals surface area contributed by atoms with E-state index in [4.69, 9.17) is 16.2 Å². The smallest absolute Gasteiger partial charge is 0.242 e. The van der Waals surface area contributed by atoms with Gasteiger partial charge in [0.15, 0.2) is 5.72 Å². The van der Waals surface area contributed by atoms with Crippen molar-refractivity contribution in [3.63, 3.8) is 0 Å². The summed E-state index contributed by atoms with van der Waals surface area (Å²) in [5, 5.41) is 0. The van der Waals surface area contributed by atoms with Gasteiger partial charge in [-0.05, 0) is 31.5 Å². The highest BCUT2D eigenvalue weighted by molar-refractivity contribution is 5.75. The van der Waals surface area contributed by atoms with Gasteiger partial charge >= 0.3 is 0 Å². The molecule has 0 aliphatic rings. The minimum atomic E-state index is -0.746. The van der Waals surface area contributed by atoms with Crippen LogP contribution in [0.1, 0.15) is 19.4 Å². The van der Waals surface area contributed by atoms with E-state index in [-0.39, 0.29) is 6.42 Å². The zero-order valence-electron chi connectivity index (χ0n) is 8.91. The third kappa shape index (κ3) is 4.46. The first-order chi connectivity index (χ1) is 6.87. The summed E-state index contributed by atoms with van der Waals surface area (Å²) >= 11 is 0. The lowest BCUT2D eigenvalue weighted by Gasteiger charge is -2.21. The summed E-state index contributed by atoms with van der Waals surface area (Å²) in [6.45, 7) is 3.49. The van der Waals surface area contributed by atoms with E-state index in [0.29, 0.717) is 5.75 Å². The molecule has 0 fully saturated rings. The molecule has 0 saturated heterocycles. The fourth-order valence-corrected chi connectivity index (χ4v) is 1.21. The fourth-order valence-electron chi connectivity index (χ4n) is 1.21. The molecule has 81 valence electrons. The van der Waals surface area contributed by atoms with Gasteiger partial charge in [-0.15, -0.1) is 0 Å². The second kappa shape index (κ2) is 4.31. The number of benzene rings is 1. The number of nitrogens with one attached hydrogen (secondary N) is 1. The topological polar surface area (TPSA) is 76.1 Å². The summed E-state index contributed by atoms with van der Waals surface area (Å²) in [5.41, 5.74) is 12.6. The molecule has 0 atom stereocenters. The van der Waals surface area contributed by atoms with Crippen LogP contribution in [0.5, 0.6) is 5.75 Å². The van der Waals surface area contributed by atoms with Gasteiger partial charge in [0.05, 0.1) is 6.42 Å². The van der Waals surface area contributed by atoms with Gasteiger partial charge in [-0.1, -0.05) is 12.1 Å². The summed E-state index contributed by atoms with van der Waals surface area (Å²) in [5.74, 6) is 0.000378. The third-order valence-corrected chi connectivity index (χ3v) is 1.64. The van der Waals surface area contributed by atoms with Crippen LogP contribution in [0.25, 0.3) is 0 Å². The van der Waals surface area contributed by atoms with E-state index in [1.54, 1.807) is 38.1 Å². The number of hydrogen-bond donors (Lipinski definition) is 1. The number of amides is 1. The molecule has 0 spiro atoms. The van der Waals surface area contributed by atoms with Gasteiger partial charge in [-0.25, -0.2) is 0 Å². The first-order valence-corrected chi connectivity index (χ1v) is 4.68. The van der Waals surface area contributed by atoms with Crippen molar-refractivity contribution in [1.82, 2.24) is 5.73 Å². The minimum absolute atomic E-state index is 0.0994. The molecular formula is C11H15N2O2. The standard InChI is InChI=1S/C11H15N2O2/c1-11(2,13)15-9-5-3-4-8(6-9)7-10(12)14/h3-6,12H,7,13H2,1-2H3. The summed E-state index contributed by atoms with van der Waals surface area (Å²) < 4.78 is 5.43. The number of rotatable bonds is 4. The quantitative estimate of drug-likeness (QED) is 0.751. The number of hydrogen-bond acceptors (Lipinski definition) is 3. The summed E-state index contributed by atoms with van der Waals surface area (Å²) in [6.07, 6.45) is 0.0994. The first kappa shape index (κ1) is 11.5. The molecule has 0 bridgehead atoms. The Labute approximate surface area is 89.2 Å². The predicted octanol–water partition coefficient (Wildman–Crippen LogP) is 1.11. The molecule has 0 unspecified atom stereocenters. The van der Waals surface area contributed by atoms with Crippen molar-refractivity contribution in [2.45, 2.75) is 26.0 Å². The van der Waals surface area contributed by atoms with Gasteiger partial charge in [0.25, 0.3) is 0 Å². The lowest BCUT2D eigenvalue weighted by molar-refractivity contribution is -0.118. The van der Waals surface area contributed by atoms with Crippen molar-refractivity contribution < 1.29 is 9.53 Å². The maximum absolute atomic E-state index is 10.6. The molecule has 0 saturated carbocycles. The van der Waals surface area contributed by atoms with Crippen LogP contribution in [0.2, 0.25) is 0 Å². The van der Waals surface area contributed by atoms with Crippen molar-refractivity contribution in [2.75, 3.05) is 0 Å². The molecule has 1 aromatic rings. The number of carbonyl (C=O) groups is 1. The zero-order chi connectivity index (χ0) is 11.5. The molecule has 4 heteroatoms. The summed E-state index contributed by atoms with van der Waals surface area (Å²) in [4.78, 5) is 10.6. The van der Waals surface area contributed by atoms with Crippen LogP contribution in [-0.4, -0.2) is 11.6 Å². The van der Waals surface area contributed by atoms with E-state index in [1.807, 2.05) is 0 Å². The molecule has 15 heavy (non-hydrogen) atoms. The summed E-state index contributed by atoms with van der Waals surface area (Å²) in [7, 11) is 0. The average molecular weight is 207 g/mol. The van der Waals surface area contributed by atoms with Crippen LogP contribution >= 0.6 is 0 Å². The van der Waals surface area contributed by atoms with Crippen molar-refractivity contribution in [1.29, 1.82) is 0 Å². The van der Waals surface area contributed by atoms with E-state index in [9.17, 15) is 4.79 Å². The molecule has 3 N–H and O–H groups in total. The van der Waals surface area contributed by atoms with Gasteiger partial charge in [0.1, 0.15) is 5.75 Å². The lowest BCUT2D eigenvalue weighted by Crippen LogP contribution is -2.38. The van der Waals surface area contributed by atoms with E-state index in [2.05, 4.69) is 0 Å². The van der Waals surface area contributed by atoms with Gasteiger partial charge in [-0.3, -0.25) is 16.3 Å². The highest BCUT2D eigenvalue weighted by Crippen LogP contribution is 2.17. The maximum Gasteiger partial charge on any atom is 0.242 e. The Morgan fingerprint density at radius 2 is 2.20 bits per heavy atom. The number of ether oxygens (including phenoxy) is 1. The molecule has 1 amide bonds. The molecule has 0 heterocycles. The SMILES string of the molecule is CC(C)(N)Oc1cccc(CC([NH])=O)c1. The monoisotopic (exact) mass is 207 g/mol. The normalized spacial score (nSPS) is 11.1. The molecular weight excluding hydrogens is 192 g/mol. The Bertz CT molecular complexity index is 356. The molecule has 0 aliphatic carbocycles. The third-order valence-electron chi connectivity index (χ3n) is 1.64. The Morgan fingerprint density at radius 1 is 1.53 bits per heavy atom. The van der Waals surface area contributed by atoms with Crippen LogP contribution in [0.15, 0.2) is 24.3 Å². The van der Waals surface area contributed by atoms with Crippen LogP contribution in [0, 0.1) is 0 Å². The number of carbonyl (C=O) groups excluding carboxylic acids is 1. The highest BCUT2D eigenvalue weighted by Gasteiger charge is 2.12. The van der Waals surface area contributed by atoms with Crippen LogP contribution in [-0.2, 0) is 11.2 Å². The van der Waals surface area contributed by atoms with E-state index in [0.717, 1.165) is 5.56 Å². The second-order valence-corrected chi connectivity index (χ2v) is 3.95. The fraction of sp³-hybridized carbons (Fsp3) is 0.364. The second-order valence-electron chi connectivity index (χ2n) is 3.95. The van der Waals surface area contributed by atoms with Crippen LogP contribution < -0.4 is 16.2 Å². The van der Waals surface area contributed by atoms with E-state index in [1.165, 1.54) is 0 Å². The minimum Gasteiger partial charge on any atom is -0.474 e. The molecule has 1 rings (SSSR count). The lowest BCUT2D eigenvalue weighted by atomic mass is 10.1. The van der Waals surface area contributed by atoms with Gasteiger partial charge in [0, 0.05) is 0 Å². The molecule has 1 radical (unpaired) electrons. The van der Waals surface area contributed by atoms with Gasteiger partial charge in [-0.2, -0.15) is 0 Å². The largest absolute Gasteiger partial charge is 0.474 e. The average Bonchev–Trinajstić information content (AvgIpc) is 1.99. The first-order valence-electron chi connectivity index (χ1n) is 4.68. The molecule has 1 aromatic carbocycles. The van der Waals surface area contributed by atoms with Gasteiger partial charge in [0.2, 0.25) is 5.91 Å². The predicted molar refractivity (Wildman–Crippen MR) is 57.1 cm³/mol. The molecule has 0 aromatic heterocycles. The molecule has 0 aliphatic heterocycles. The van der Waals surface area contributed by atoms with E-state index < -0.39 is 11.6 Å². The molecule has 4 nitrogen and oxygen atoms in total. The highest BCUT2D eigenvalue weighted by atomic mass is 16.5. The van der Waals surface area contributed by atoms with Crippen LogP contribution in [0.3, 0.4) is 0 Å². The van der Waals surface area contributed by atoms with Crippen molar-refractivity contribution in [3.8, 4) is 5.75 Å². The van der Waals surface area contributed by atoms with Crippen molar-refractivity contribution >= 4 is 5.91 Å². The van der Waals surface area contributed by atoms with Crippen molar-refractivity contribution in [3.05, 3.63) is 29.8 Å². The Morgan fingerprint density at radius 3 is 2.73 bits per heavy atom. The number of nitrogens with two attached hydrogens (primary N) is 1. The summed E-state index contributed by atoms with van der Waals surface area (Å²) in [6, 6.07) is 7.05. The van der Waals surface area contributed by atoms with Crippen molar-refractivity contribution in [2.24, 2.45) is 5.73 Å². The Balaban J connectivity index is 2.79. The Kier molecular flexibility index (Phi) is 3.31. The Hall–Kier alpha value is -1.55.